The van der Waals surface area contributed by atoms with Crippen LogP contribution in [0, 0.1) is 5.92 Å². The molecule has 1 aliphatic carbocycles. The number of hydrogen-bond donors (Lipinski definition) is 0. The molecule has 0 spiro atoms. The monoisotopic (exact) mass is 208 g/mol. The summed E-state index contributed by atoms with van der Waals surface area (Å²) in [6.45, 7) is 4.58. The van der Waals surface area contributed by atoms with Crippen LogP contribution in [0.4, 0.5) is 0 Å². The Kier molecular flexibility index (Phi) is 6.80. The molecule has 0 aliphatic heterocycles. The molecule has 0 N–H and O–H groups in total. The van der Waals surface area contributed by atoms with Crippen LogP contribution in [-0.2, 0) is 0 Å². The first-order valence-electron chi connectivity index (χ1n) is 7.04. The second-order valence-electron chi connectivity index (χ2n) is 5.06. The summed E-state index contributed by atoms with van der Waals surface area (Å²) in [6.07, 6.45) is 16.7. The van der Waals surface area contributed by atoms with Gasteiger partial charge in [-0.2, -0.15) is 0 Å². The van der Waals surface area contributed by atoms with Crippen LogP contribution in [0.2, 0.25) is 0 Å². The maximum atomic E-state index is 2.51. The first kappa shape index (κ1) is 12.8. The first-order chi connectivity index (χ1) is 7.36. The molecule has 0 heterocycles. The third kappa shape index (κ3) is 5.39. The Bertz CT molecular complexity index is 178. The quantitative estimate of drug-likeness (QED) is 0.384. The van der Waals surface area contributed by atoms with Gasteiger partial charge in [0.1, 0.15) is 0 Å². The van der Waals surface area contributed by atoms with Gasteiger partial charge in [0, 0.05) is 0 Å². The van der Waals surface area contributed by atoms with Crippen LogP contribution in [0.15, 0.2) is 11.6 Å². The van der Waals surface area contributed by atoms with E-state index in [2.05, 4.69) is 19.9 Å². The molecule has 1 unspecified atom stereocenters. The second-order valence-corrected chi connectivity index (χ2v) is 5.06. The van der Waals surface area contributed by atoms with E-state index in [1.54, 1.807) is 5.57 Å². The SMILES string of the molecule is CCCCCCCC1CC=C(CC)CC1. The van der Waals surface area contributed by atoms with E-state index in [4.69, 9.17) is 0 Å². The van der Waals surface area contributed by atoms with E-state index in [1.807, 2.05) is 0 Å². The van der Waals surface area contributed by atoms with Crippen LogP contribution in [0.25, 0.3) is 0 Å². The highest BCUT2D eigenvalue weighted by Crippen LogP contribution is 2.28. The lowest BCUT2D eigenvalue weighted by Gasteiger charge is -2.21. The Labute approximate surface area is 96.2 Å². The zero-order valence-electron chi connectivity index (χ0n) is 10.7. The van der Waals surface area contributed by atoms with Crippen molar-refractivity contribution < 1.29 is 0 Å². The number of unbranched alkanes of at least 4 members (excludes halogenated alkanes) is 4. The van der Waals surface area contributed by atoms with Crippen LogP contribution in [-0.4, -0.2) is 0 Å². The van der Waals surface area contributed by atoms with Gasteiger partial charge in [0.05, 0.1) is 0 Å². The molecule has 15 heavy (non-hydrogen) atoms. The van der Waals surface area contributed by atoms with Gasteiger partial charge in [0.15, 0.2) is 0 Å². The molecule has 1 aliphatic rings. The van der Waals surface area contributed by atoms with Crippen molar-refractivity contribution in [3.8, 4) is 0 Å². The van der Waals surface area contributed by atoms with Crippen LogP contribution >= 0.6 is 0 Å². The third-order valence-electron chi connectivity index (χ3n) is 3.78. The Morgan fingerprint density at radius 2 is 1.93 bits per heavy atom. The van der Waals surface area contributed by atoms with E-state index in [9.17, 15) is 0 Å². The highest BCUT2D eigenvalue weighted by atomic mass is 14.2. The normalized spacial score (nSPS) is 21.5. The Balaban J connectivity index is 2.01. The van der Waals surface area contributed by atoms with Gasteiger partial charge in [-0.15, -0.1) is 0 Å². The summed E-state index contributed by atoms with van der Waals surface area (Å²) in [5.41, 5.74) is 1.71. The van der Waals surface area contributed by atoms with Gasteiger partial charge in [-0.3, -0.25) is 0 Å². The maximum absolute atomic E-state index is 2.51. The summed E-state index contributed by atoms with van der Waals surface area (Å²) in [6, 6.07) is 0. The van der Waals surface area contributed by atoms with Gasteiger partial charge in [-0.1, -0.05) is 64.0 Å². The molecule has 0 aromatic heterocycles. The minimum atomic E-state index is 1.02. The zero-order chi connectivity index (χ0) is 10.9. The van der Waals surface area contributed by atoms with Gasteiger partial charge in [-0.25, -0.2) is 0 Å². The third-order valence-corrected chi connectivity index (χ3v) is 3.78. The summed E-state index contributed by atoms with van der Waals surface area (Å²) >= 11 is 0. The zero-order valence-corrected chi connectivity index (χ0v) is 10.7. The highest BCUT2D eigenvalue weighted by molar-refractivity contribution is 5.05. The summed E-state index contributed by atoms with van der Waals surface area (Å²) < 4.78 is 0. The largest absolute Gasteiger partial charge is 0.0851 e. The molecule has 0 saturated heterocycles. The average Bonchev–Trinajstić information content (AvgIpc) is 2.30. The molecule has 0 bridgehead atoms. The van der Waals surface area contributed by atoms with Crippen molar-refractivity contribution in [2.75, 3.05) is 0 Å². The van der Waals surface area contributed by atoms with E-state index in [-0.39, 0.29) is 0 Å². The molecular formula is C15H28. The van der Waals surface area contributed by atoms with E-state index in [1.165, 1.54) is 64.2 Å². The minimum Gasteiger partial charge on any atom is -0.0851 e. The predicted molar refractivity (Wildman–Crippen MR) is 69.1 cm³/mol. The standard InChI is InChI=1S/C15H28/c1-3-5-6-7-8-9-15-12-10-14(4-2)11-13-15/h10,15H,3-9,11-13H2,1-2H3. The molecule has 0 saturated carbocycles. The van der Waals surface area contributed by atoms with Crippen LogP contribution < -0.4 is 0 Å². The van der Waals surface area contributed by atoms with Gasteiger partial charge < -0.3 is 0 Å². The lowest BCUT2D eigenvalue weighted by atomic mass is 9.85. The van der Waals surface area contributed by atoms with Gasteiger partial charge in [-0.05, 0) is 31.6 Å². The highest BCUT2D eigenvalue weighted by Gasteiger charge is 2.12. The van der Waals surface area contributed by atoms with E-state index in [0.717, 1.165) is 5.92 Å². The Hall–Kier alpha value is -0.260. The van der Waals surface area contributed by atoms with Gasteiger partial charge >= 0.3 is 0 Å². The smallest absolute Gasteiger partial charge is 0.0318 e. The molecule has 0 nitrogen and oxygen atoms in total. The topological polar surface area (TPSA) is 0 Å². The molecule has 0 aromatic rings. The fourth-order valence-corrected chi connectivity index (χ4v) is 2.56. The van der Waals surface area contributed by atoms with Crippen molar-refractivity contribution in [1.82, 2.24) is 0 Å². The van der Waals surface area contributed by atoms with Crippen LogP contribution in [0.1, 0.15) is 78.1 Å². The first-order valence-corrected chi connectivity index (χ1v) is 7.04. The lowest BCUT2D eigenvalue weighted by Crippen LogP contribution is -2.05. The van der Waals surface area contributed by atoms with Gasteiger partial charge in [0.25, 0.3) is 0 Å². The van der Waals surface area contributed by atoms with E-state index < -0.39 is 0 Å². The van der Waals surface area contributed by atoms with Crippen LogP contribution in [0.3, 0.4) is 0 Å². The molecule has 0 amide bonds. The van der Waals surface area contributed by atoms with Gasteiger partial charge in [0.2, 0.25) is 0 Å². The van der Waals surface area contributed by atoms with Crippen molar-refractivity contribution in [2.45, 2.75) is 78.1 Å². The molecule has 1 atom stereocenters. The summed E-state index contributed by atoms with van der Waals surface area (Å²) in [5.74, 6) is 1.02. The molecule has 1 rings (SSSR count). The summed E-state index contributed by atoms with van der Waals surface area (Å²) in [7, 11) is 0. The van der Waals surface area contributed by atoms with E-state index in [0.29, 0.717) is 0 Å². The predicted octanol–water partition coefficient (Wildman–Crippen LogP) is 5.48. The second kappa shape index (κ2) is 7.96. The Morgan fingerprint density at radius 1 is 1.13 bits per heavy atom. The molecule has 0 fully saturated rings. The fourth-order valence-electron chi connectivity index (χ4n) is 2.56. The minimum absolute atomic E-state index is 1.02. The fraction of sp³-hybridized carbons (Fsp3) is 0.867. The van der Waals surface area contributed by atoms with Crippen molar-refractivity contribution in [2.24, 2.45) is 5.92 Å². The molecule has 0 radical (unpaired) electrons. The van der Waals surface area contributed by atoms with Crippen molar-refractivity contribution in [3.63, 3.8) is 0 Å². The van der Waals surface area contributed by atoms with Crippen molar-refractivity contribution in [3.05, 3.63) is 11.6 Å². The number of rotatable bonds is 7. The summed E-state index contributed by atoms with van der Waals surface area (Å²) in [5, 5.41) is 0. The maximum Gasteiger partial charge on any atom is -0.0318 e. The molecular weight excluding hydrogens is 180 g/mol. The number of allylic oxidation sites excluding steroid dienone is 2. The average molecular weight is 208 g/mol. The molecule has 0 heteroatoms. The summed E-state index contributed by atoms with van der Waals surface area (Å²) in [4.78, 5) is 0. The van der Waals surface area contributed by atoms with E-state index >= 15 is 0 Å². The molecule has 88 valence electrons. The van der Waals surface area contributed by atoms with Crippen LogP contribution in [0.5, 0.6) is 0 Å². The molecule has 0 aromatic carbocycles. The lowest BCUT2D eigenvalue weighted by molar-refractivity contribution is 0.411. The van der Waals surface area contributed by atoms with Crippen molar-refractivity contribution in [1.29, 1.82) is 0 Å². The Morgan fingerprint density at radius 3 is 2.53 bits per heavy atom. The van der Waals surface area contributed by atoms with Crippen molar-refractivity contribution >= 4 is 0 Å². The number of hydrogen-bond acceptors (Lipinski definition) is 0.